The predicted octanol–water partition coefficient (Wildman–Crippen LogP) is 6.27. The first-order chi connectivity index (χ1) is 36.5. The van der Waals surface area contributed by atoms with Crippen LogP contribution >= 0.6 is 11.3 Å². The zero-order valence-electron chi connectivity index (χ0n) is 43.9. The van der Waals surface area contributed by atoms with Gasteiger partial charge in [-0.1, -0.05) is 51.1 Å². The first-order valence-electron chi connectivity index (χ1n) is 25.8. The molecule has 3 saturated heterocycles. The molecule has 4 N–H and O–H groups in total. The SMILES string of the molecule is COc1cc2nn(CCN3CCN(CC(=O)N4CCC5(CC4)CC(C(=O)N[C@H](C(=O)N4C[C@H](O)C[C@H]4C(=O)N[C@@H](C)c4ccc(-c6scnc6C)cc4)C(C)(C)C)C5)C3=O)cc2cc1NC(=O)c1cccc(C(F)(F)F)n1. The minimum atomic E-state index is -4.72. The lowest BCUT2D eigenvalue weighted by Crippen LogP contribution is -2.60. The first-order valence-corrected chi connectivity index (χ1v) is 26.7. The van der Waals surface area contributed by atoms with Crippen molar-refractivity contribution in [2.45, 2.75) is 104 Å². The summed E-state index contributed by atoms with van der Waals surface area (Å²) in [6, 6.07) is 11.6. The number of aryl methyl sites for hydroxylation is 1. The van der Waals surface area contributed by atoms with Crippen LogP contribution in [0.2, 0.25) is 0 Å². The molecule has 410 valence electrons. The lowest BCUT2D eigenvalue weighted by atomic mass is 9.57. The van der Waals surface area contributed by atoms with Crippen LogP contribution in [0.5, 0.6) is 5.75 Å². The third-order valence-corrected chi connectivity index (χ3v) is 16.4. The number of methoxy groups -OCH3 is 1. The summed E-state index contributed by atoms with van der Waals surface area (Å²) in [6.07, 6.45) is -1.20. The number of carbonyl (C=O) groups excluding carboxylic acids is 6. The number of anilines is 1. The minimum Gasteiger partial charge on any atom is -0.494 e. The van der Waals surface area contributed by atoms with Gasteiger partial charge in [-0.05, 0) is 79.7 Å². The highest BCUT2D eigenvalue weighted by Gasteiger charge is 2.51. The maximum absolute atomic E-state index is 14.4. The van der Waals surface area contributed by atoms with Crippen LogP contribution in [0.1, 0.15) is 93.3 Å². The third kappa shape index (κ3) is 11.9. The van der Waals surface area contributed by atoms with Crippen molar-refractivity contribution in [1.29, 1.82) is 0 Å². The van der Waals surface area contributed by atoms with E-state index in [1.165, 1.54) is 23.0 Å². The largest absolute Gasteiger partial charge is 0.494 e. The number of fused-ring (bicyclic) bond motifs is 1. The van der Waals surface area contributed by atoms with Gasteiger partial charge in [-0.15, -0.1) is 11.3 Å². The van der Waals surface area contributed by atoms with E-state index in [-0.39, 0.29) is 72.1 Å². The van der Waals surface area contributed by atoms with Crippen molar-refractivity contribution >= 4 is 63.5 Å². The molecule has 0 radical (unpaired) electrons. The van der Waals surface area contributed by atoms with Crippen LogP contribution in [0.25, 0.3) is 21.3 Å². The van der Waals surface area contributed by atoms with Gasteiger partial charge in [-0.25, -0.2) is 14.8 Å². The summed E-state index contributed by atoms with van der Waals surface area (Å²) in [4.78, 5) is 97.2. The van der Waals surface area contributed by atoms with E-state index >= 15 is 0 Å². The molecule has 0 bridgehead atoms. The van der Waals surface area contributed by atoms with Gasteiger partial charge in [0, 0.05) is 69.3 Å². The minimum absolute atomic E-state index is 0.0300. The number of urea groups is 1. The number of alkyl halides is 3. The lowest BCUT2D eigenvalue weighted by Gasteiger charge is -2.52. The molecule has 2 aromatic carbocycles. The number of thiazole rings is 1. The van der Waals surface area contributed by atoms with E-state index in [0.717, 1.165) is 33.8 Å². The quantitative estimate of drug-likeness (QED) is 0.0915. The van der Waals surface area contributed by atoms with Crippen molar-refractivity contribution in [2.75, 3.05) is 58.2 Å². The molecule has 9 rings (SSSR count). The fourth-order valence-corrected chi connectivity index (χ4v) is 11.8. The molecule has 23 heteroatoms. The van der Waals surface area contributed by atoms with Crippen molar-refractivity contribution in [2.24, 2.45) is 16.7 Å². The maximum atomic E-state index is 14.4. The third-order valence-electron chi connectivity index (χ3n) is 15.4. The average molecular weight is 1080 g/mol. The van der Waals surface area contributed by atoms with Gasteiger partial charge in [-0.2, -0.15) is 18.3 Å². The van der Waals surface area contributed by atoms with Crippen molar-refractivity contribution in [3.63, 3.8) is 0 Å². The number of piperidine rings is 1. The Balaban J connectivity index is 0.722. The number of hydrogen-bond acceptors (Lipinski definition) is 12. The fourth-order valence-electron chi connectivity index (χ4n) is 10.9. The normalized spacial score (nSPS) is 19.6. The second kappa shape index (κ2) is 21.7. The number of aliphatic hydroxyl groups is 1. The van der Waals surface area contributed by atoms with Crippen LogP contribution in [0.4, 0.5) is 23.7 Å². The van der Waals surface area contributed by atoms with E-state index < -0.39 is 53.0 Å². The summed E-state index contributed by atoms with van der Waals surface area (Å²) in [7, 11) is 1.38. The highest BCUT2D eigenvalue weighted by molar-refractivity contribution is 7.13. The molecule has 4 fully saturated rings. The number of pyridine rings is 1. The standard InChI is InChI=1S/C54H64F3N11O8S/c1-31(33-10-12-34(13-11-33)45-32(2)58-30-77-45)59-49(73)41-23-37(69)28-68(41)50(74)46(52(3,4)5)62-47(71)36-25-53(26-36)14-16-64(17-15-53)44(70)29-66-19-18-65(51(66)75)20-21-67-27-35-22-40(42(76-6)24-39(35)63-67)61-48(72)38-8-7-9-43(60-38)54(55,56)57/h7-13,22,24,27,30-31,36-37,41,46,69H,14-21,23,25-26,28-29H2,1-6H3,(H,59,73)(H,61,72)(H,62,71)/t31-,37+,41-,46+/m0/s1. The number of nitrogens with zero attached hydrogens (tertiary/aromatic N) is 8. The Kier molecular flexibility index (Phi) is 15.4. The average Bonchev–Trinajstić information content (AvgIpc) is 4.23. The van der Waals surface area contributed by atoms with Gasteiger partial charge in [0.2, 0.25) is 23.6 Å². The zero-order valence-corrected chi connectivity index (χ0v) is 44.7. The monoisotopic (exact) mass is 1080 g/mol. The van der Waals surface area contributed by atoms with Crippen molar-refractivity contribution in [3.05, 3.63) is 88.9 Å². The number of aliphatic hydroxyl groups excluding tert-OH is 1. The van der Waals surface area contributed by atoms with Crippen molar-refractivity contribution in [3.8, 4) is 16.2 Å². The van der Waals surface area contributed by atoms with Gasteiger partial charge in [0.15, 0.2) is 0 Å². The van der Waals surface area contributed by atoms with Crippen LogP contribution in [0.15, 0.2) is 66.3 Å². The molecule has 4 atom stereocenters. The van der Waals surface area contributed by atoms with E-state index in [1.807, 2.05) is 58.9 Å². The number of carbonyl (C=O) groups is 6. The molecule has 3 aromatic heterocycles. The van der Waals surface area contributed by atoms with Crippen LogP contribution in [0, 0.1) is 23.7 Å². The van der Waals surface area contributed by atoms with Gasteiger partial charge < -0.3 is 45.4 Å². The Morgan fingerprint density at radius 3 is 2.31 bits per heavy atom. The molecule has 19 nitrogen and oxygen atoms in total. The highest BCUT2D eigenvalue weighted by atomic mass is 32.1. The van der Waals surface area contributed by atoms with E-state index in [9.17, 15) is 47.0 Å². The van der Waals surface area contributed by atoms with Gasteiger partial charge in [-0.3, -0.25) is 28.7 Å². The molecule has 1 spiro atoms. The Labute approximate surface area is 447 Å². The second-order valence-corrected chi connectivity index (χ2v) is 22.7. The Morgan fingerprint density at radius 2 is 1.65 bits per heavy atom. The summed E-state index contributed by atoms with van der Waals surface area (Å²) in [5, 5.41) is 24.6. The number of β-amino-alcohol motifs (C(OH)–C–C–N with tert-alkyl or cyclic N) is 1. The summed E-state index contributed by atoms with van der Waals surface area (Å²) < 4.78 is 46.7. The number of amides is 7. The number of aromatic nitrogens is 4. The molecule has 7 amide bonds. The molecule has 77 heavy (non-hydrogen) atoms. The molecular weight excluding hydrogens is 1020 g/mol. The van der Waals surface area contributed by atoms with E-state index in [0.29, 0.717) is 75.9 Å². The second-order valence-electron chi connectivity index (χ2n) is 21.9. The zero-order chi connectivity index (χ0) is 55.1. The van der Waals surface area contributed by atoms with Crippen LogP contribution in [-0.4, -0.2) is 151 Å². The van der Waals surface area contributed by atoms with Crippen LogP contribution in [-0.2, 0) is 31.9 Å². The Morgan fingerprint density at radius 1 is 0.935 bits per heavy atom. The van der Waals surface area contributed by atoms with Gasteiger partial charge in [0.25, 0.3) is 5.91 Å². The molecule has 5 aromatic rings. The summed E-state index contributed by atoms with van der Waals surface area (Å²) in [5.41, 5.74) is 2.95. The van der Waals surface area contributed by atoms with E-state index in [2.05, 4.69) is 31.0 Å². The molecular formula is C54H64F3N11O8S. The van der Waals surface area contributed by atoms with Crippen LogP contribution < -0.4 is 20.7 Å². The number of ether oxygens (including phenoxy) is 1. The summed E-state index contributed by atoms with van der Waals surface area (Å²) >= 11 is 1.56. The molecule has 4 aliphatic rings. The Bertz CT molecular complexity index is 3050. The molecule has 0 unspecified atom stereocenters. The number of benzene rings is 2. The van der Waals surface area contributed by atoms with Crippen molar-refractivity contribution < 1.29 is 51.8 Å². The predicted molar refractivity (Wildman–Crippen MR) is 279 cm³/mol. The number of likely N-dealkylation sites (tertiary alicyclic amines) is 2. The summed E-state index contributed by atoms with van der Waals surface area (Å²) in [6.45, 7) is 11.7. The molecule has 1 saturated carbocycles. The number of nitrogens with one attached hydrogen (secondary N) is 3. The maximum Gasteiger partial charge on any atom is 0.433 e. The molecule has 6 heterocycles. The number of halogens is 3. The van der Waals surface area contributed by atoms with Gasteiger partial charge in [0.1, 0.15) is 35.8 Å². The fraction of sp³-hybridized carbons (Fsp3) is 0.500. The number of rotatable bonds is 15. The van der Waals surface area contributed by atoms with Crippen LogP contribution in [0.3, 0.4) is 0 Å². The topological polar surface area (TPSA) is 225 Å². The summed E-state index contributed by atoms with van der Waals surface area (Å²) in [5.74, 6) is -2.15. The van der Waals surface area contributed by atoms with Gasteiger partial charge >= 0.3 is 12.2 Å². The van der Waals surface area contributed by atoms with Crippen molar-refractivity contribution in [1.82, 2.24) is 50.0 Å². The van der Waals surface area contributed by atoms with Gasteiger partial charge in [0.05, 0.1) is 53.1 Å². The molecule has 1 aliphatic carbocycles. The van der Waals surface area contributed by atoms with E-state index in [1.54, 1.807) is 49.7 Å². The number of hydrogen-bond donors (Lipinski definition) is 4. The van der Waals surface area contributed by atoms with E-state index in [4.69, 9.17) is 4.74 Å². The first kappa shape index (κ1) is 54.6. The lowest BCUT2D eigenvalue weighted by molar-refractivity contribution is -0.147. The highest BCUT2D eigenvalue weighted by Crippen LogP contribution is 2.53. The molecule has 3 aliphatic heterocycles. The smallest absolute Gasteiger partial charge is 0.433 e. The Hall–Kier alpha value is -7.14.